The standard InChI is InChI=1S/C15H15NOS3.ClH/c16-10(9-17)8-11-3-4-14(19-11)15-6-5-13(20-15)12-2-1-7-18-12;/h1-7,10,17H,8-9,16H2;1H. The zero-order valence-corrected chi connectivity index (χ0v) is 14.5. The summed E-state index contributed by atoms with van der Waals surface area (Å²) in [6.45, 7) is 0.0365. The first-order valence-corrected chi connectivity index (χ1v) is 8.87. The van der Waals surface area contributed by atoms with E-state index in [4.69, 9.17) is 10.8 Å². The van der Waals surface area contributed by atoms with Crippen LogP contribution in [0.2, 0.25) is 0 Å². The van der Waals surface area contributed by atoms with Gasteiger partial charge >= 0.3 is 0 Å². The van der Waals surface area contributed by atoms with Gasteiger partial charge in [0.25, 0.3) is 0 Å². The van der Waals surface area contributed by atoms with Gasteiger partial charge < -0.3 is 10.8 Å². The minimum atomic E-state index is -0.161. The first kappa shape index (κ1) is 16.7. The summed E-state index contributed by atoms with van der Waals surface area (Å²) in [7, 11) is 0. The predicted molar refractivity (Wildman–Crippen MR) is 97.0 cm³/mol. The van der Waals surface area contributed by atoms with Crippen LogP contribution >= 0.6 is 46.4 Å². The average Bonchev–Trinajstić information content (AvgIpc) is 3.18. The van der Waals surface area contributed by atoms with Crippen molar-refractivity contribution in [3.63, 3.8) is 0 Å². The fourth-order valence-electron chi connectivity index (χ4n) is 1.96. The number of nitrogens with two attached hydrogens (primary N) is 1. The smallest absolute Gasteiger partial charge is 0.0586 e. The maximum atomic E-state index is 9.01. The van der Waals surface area contributed by atoms with Crippen LogP contribution in [0, 0.1) is 0 Å². The normalized spacial score (nSPS) is 12.1. The summed E-state index contributed by atoms with van der Waals surface area (Å²) < 4.78 is 0. The summed E-state index contributed by atoms with van der Waals surface area (Å²) in [4.78, 5) is 6.44. The third-order valence-corrected chi connectivity index (χ3v) is 6.43. The Bertz CT molecular complexity index is 675. The van der Waals surface area contributed by atoms with Gasteiger partial charge in [-0.1, -0.05) is 6.07 Å². The molecular formula is C15H16ClNOS3. The van der Waals surface area contributed by atoms with E-state index in [0.717, 1.165) is 6.42 Å². The van der Waals surface area contributed by atoms with E-state index in [-0.39, 0.29) is 25.1 Å². The van der Waals surface area contributed by atoms with Crippen molar-refractivity contribution < 1.29 is 5.11 Å². The van der Waals surface area contributed by atoms with Crippen molar-refractivity contribution in [2.45, 2.75) is 12.5 Å². The van der Waals surface area contributed by atoms with E-state index >= 15 is 0 Å². The van der Waals surface area contributed by atoms with Crippen LogP contribution in [0.15, 0.2) is 41.8 Å². The third kappa shape index (κ3) is 3.94. The van der Waals surface area contributed by atoms with Crippen molar-refractivity contribution in [1.82, 2.24) is 0 Å². The topological polar surface area (TPSA) is 46.2 Å². The van der Waals surface area contributed by atoms with Crippen LogP contribution in [0.4, 0.5) is 0 Å². The van der Waals surface area contributed by atoms with E-state index in [9.17, 15) is 0 Å². The van der Waals surface area contributed by atoms with Crippen molar-refractivity contribution >= 4 is 46.4 Å². The Hall–Kier alpha value is -0.690. The van der Waals surface area contributed by atoms with Crippen LogP contribution in [0.25, 0.3) is 19.5 Å². The SMILES string of the molecule is Cl.NC(CO)Cc1ccc(-c2ccc(-c3cccs3)s2)s1. The number of aliphatic hydroxyl groups excluding tert-OH is 1. The highest BCUT2D eigenvalue weighted by atomic mass is 35.5. The summed E-state index contributed by atoms with van der Waals surface area (Å²) >= 11 is 5.36. The van der Waals surface area contributed by atoms with Crippen molar-refractivity contribution in [3.05, 3.63) is 46.7 Å². The van der Waals surface area contributed by atoms with Crippen molar-refractivity contribution in [1.29, 1.82) is 0 Å². The molecule has 0 aliphatic rings. The molecule has 3 N–H and O–H groups in total. The lowest BCUT2D eigenvalue weighted by Gasteiger charge is -2.04. The van der Waals surface area contributed by atoms with Crippen LogP contribution in [0.3, 0.4) is 0 Å². The van der Waals surface area contributed by atoms with Crippen LogP contribution in [0.5, 0.6) is 0 Å². The van der Waals surface area contributed by atoms with Gasteiger partial charge in [0, 0.05) is 30.4 Å². The summed E-state index contributed by atoms with van der Waals surface area (Å²) in [6.07, 6.45) is 0.740. The van der Waals surface area contributed by atoms with Gasteiger partial charge in [-0.2, -0.15) is 0 Å². The molecule has 0 saturated heterocycles. The molecule has 0 aliphatic carbocycles. The number of thiophene rings is 3. The maximum absolute atomic E-state index is 9.01. The highest BCUT2D eigenvalue weighted by Crippen LogP contribution is 2.39. The number of halogens is 1. The average molecular weight is 358 g/mol. The molecule has 1 unspecified atom stereocenters. The molecule has 0 aromatic carbocycles. The quantitative estimate of drug-likeness (QED) is 0.706. The molecule has 0 bridgehead atoms. The molecule has 3 heterocycles. The van der Waals surface area contributed by atoms with Crippen LogP contribution in [-0.4, -0.2) is 17.8 Å². The van der Waals surface area contributed by atoms with E-state index in [1.807, 2.05) is 11.3 Å². The Morgan fingerprint density at radius 1 is 0.952 bits per heavy atom. The molecule has 3 rings (SSSR count). The van der Waals surface area contributed by atoms with Crippen LogP contribution in [0.1, 0.15) is 4.88 Å². The van der Waals surface area contributed by atoms with Crippen LogP contribution in [-0.2, 0) is 6.42 Å². The van der Waals surface area contributed by atoms with Crippen molar-refractivity contribution in [2.24, 2.45) is 5.73 Å². The lowest BCUT2D eigenvalue weighted by atomic mass is 10.2. The van der Waals surface area contributed by atoms with Gasteiger partial charge in [0.1, 0.15) is 0 Å². The van der Waals surface area contributed by atoms with Gasteiger partial charge in [-0.05, 0) is 42.1 Å². The number of hydrogen-bond donors (Lipinski definition) is 2. The third-order valence-electron chi connectivity index (χ3n) is 2.97. The van der Waals surface area contributed by atoms with Crippen molar-refractivity contribution in [3.8, 4) is 19.5 Å². The molecule has 0 saturated carbocycles. The predicted octanol–water partition coefficient (Wildman–Crippen LogP) is 4.49. The Labute approximate surface area is 142 Å². The molecule has 6 heteroatoms. The molecule has 0 radical (unpaired) electrons. The van der Waals surface area contributed by atoms with Gasteiger partial charge in [0.2, 0.25) is 0 Å². The minimum absolute atomic E-state index is 0. The van der Waals surface area contributed by atoms with E-state index in [1.165, 1.54) is 24.4 Å². The number of rotatable bonds is 5. The first-order chi connectivity index (χ1) is 9.76. The highest BCUT2D eigenvalue weighted by molar-refractivity contribution is 7.26. The molecular weight excluding hydrogens is 342 g/mol. The Balaban J connectivity index is 0.00000161. The molecule has 0 amide bonds. The zero-order chi connectivity index (χ0) is 13.9. The second-order valence-electron chi connectivity index (χ2n) is 4.55. The van der Waals surface area contributed by atoms with E-state index < -0.39 is 0 Å². The summed E-state index contributed by atoms with van der Waals surface area (Å²) in [6, 6.07) is 12.7. The first-order valence-electron chi connectivity index (χ1n) is 6.35. The Morgan fingerprint density at radius 3 is 2.29 bits per heavy atom. The van der Waals surface area contributed by atoms with E-state index in [2.05, 4.69) is 41.8 Å². The summed E-state index contributed by atoms with van der Waals surface area (Å²) in [5, 5.41) is 11.1. The molecule has 112 valence electrons. The van der Waals surface area contributed by atoms with Crippen molar-refractivity contribution in [2.75, 3.05) is 6.61 Å². The zero-order valence-electron chi connectivity index (χ0n) is 11.2. The van der Waals surface area contributed by atoms with Gasteiger partial charge in [0.05, 0.1) is 6.61 Å². The van der Waals surface area contributed by atoms with Gasteiger partial charge in [0.15, 0.2) is 0 Å². The maximum Gasteiger partial charge on any atom is 0.0586 e. The lowest BCUT2D eigenvalue weighted by molar-refractivity contribution is 0.266. The van der Waals surface area contributed by atoms with E-state index in [0.29, 0.717) is 0 Å². The summed E-state index contributed by atoms with van der Waals surface area (Å²) in [5.41, 5.74) is 5.78. The lowest BCUT2D eigenvalue weighted by Crippen LogP contribution is -2.26. The molecule has 3 aromatic heterocycles. The fraction of sp³-hybridized carbons (Fsp3) is 0.200. The van der Waals surface area contributed by atoms with Gasteiger partial charge in [-0.15, -0.1) is 46.4 Å². The molecule has 3 aromatic rings. The molecule has 2 nitrogen and oxygen atoms in total. The second kappa shape index (κ2) is 7.54. The fourth-order valence-corrected chi connectivity index (χ4v) is 5.00. The Kier molecular flexibility index (Phi) is 5.98. The molecule has 0 spiro atoms. The number of aliphatic hydroxyl groups is 1. The van der Waals surface area contributed by atoms with Gasteiger partial charge in [-0.3, -0.25) is 0 Å². The molecule has 1 atom stereocenters. The minimum Gasteiger partial charge on any atom is -0.395 e. The number of hydrogen-bond acceptors (Lipinski definition) is 5. The molecule has 0 fully saturated rings. The molecule has 0 aliphatic heterocycles. The molecule has 21 heavy (non-hydrogen) atoms. The largest absolute Gasteiger partial charge is 0.395 e. The Morgan fingerprint density at radius 2 is 1.62 bits per heavy atom. The second-order valence-corrected chi connectivity index (χ2v) is 7.75. The summed E-state index contributed by atoms with van der Waals surface area (Å²) in [5.74, 6) is 0. The van der Waals surface area contributed by atoms with Gasteiger partial charge in [-0.25, -0.2) is 0 Å². The monoisotopic (exact) mass is 357 g/mol. The highest BCUT2D eigenvalue weighted by Gasteiger charge is 2.10. The van der Waals surface area contributed by atoms with E-state index in [1.54, 1.807) is 22.7 Å². The van der Waals surface area contributed by atoms with Crippen LogP contribution < -0.4 is 5.73 Å².